The summed E-state index contributed by atoms with van der Waals surface area (Å²) in [5, 5.41) is 14.5. The summed E-state index contributed by atoms with van der Waals surface area (Å²) < 4.78 is 39.2. The topological polar surface area (TPSA) is 108 Å². The van der Waals surface area contributed by atoms with Crippen molar-refractivity contribution >= 4 is 56.2 Å². The van der Waals surface area contributed by atoms with Gasteiger partial charge in [-0.2, -0.15) is 13.2 Å². The molecule has 1 aliphatic rings. The van der Waals surface area contributed by atoms with E-state index in [9.17, 15) is 27.6 Å². The molecular weight excluding hydrogens is 624 g/mol. The predicted molar refractivity (Wildman–Crippen MR) is 170 cm³/mol. The second-order valence-electron chi connectivity index (χ2n) is 11.0. The first-order valence-electron chi connectivity index (χ1n) is 14.7. The number of anilines is 1. The Bertz CT molecular complexity index is 1650. The van der Waals surface area contributed by atoms with Crippen LogP contribution in [-0.2, 0) is 16.0 Å². The number of halogens is 3. The van der Waals surface area contributed by atoms with Crippen molar-refractivity contribution in [1.82, 2.24) is 10.3 Å². The van der Waals surface area contributed by atoms with Gasteiger partial charge >= 0.3 is 11.5 Å². The molecule has 0 bridgehead atoms. The van der Waals surface area contributed by atoms with Gasteiger partial charge < -0.3 is 15.7 Å². The third-order valence-corrected chi connectivity index (χ3v) is 9.51. The first kappa shape index (κ1) is 32.5. The smallest absolute Gasteiger partial charge is 0.446 e. The van der Waals surface area contributed by atoms with Gasteiger partial charge in [-0.05, 0) is 84.0 Å². The molecule has 0 aliphatic heterocycles. The Kier molecular flexibility index (Phi) is 10.4. The van der Waals surface area contributed by atoms with Crippen LogP contribution in [0, 0.1) is 0 Å². The minimum Gasteiger partial charge on any atom is -0.481 e. The number of hydrogen-bond donors (Lipinski definition) is 3. The fraction of sp³-hybridized carbons (Fsp3) is 0.333. The summed E-state index contributed by atoms with van der Waals surface area (Å²) in [6, 6.07) is 19.3. The maximum atomic E-state index is 13.8. The number of thiazole rings is 1. The first-order chi connectivity index (χ1) is 21.5. The van der Waals surface area contributed by atoms with Gasteiger partial charge in [-0.1, -0.05) is 67.0 Å². The molecule has 5 rings (SSSR count). The van der Waals surface area contributed by atoms with Crippen LogP contribution in [0.5, 0.6) is 0 Å². The van der Waals surface area contributed by atoms with Crippen molar-refractivity contribution in [3.63, 3.8) is 0 Å². The average Bonchev–Trinajstić information content (AvgIpc) is 3.41. The number of aliphatic carboxylic acids is 1. The zero-order chi connectivity index (χ0) is 32.0. The molecule has 3 N–H and O–H groups in total. The minimum atomic E-state index is -4.41. The Labute approximate surface area is 266 Å². The van der Waals surface area contributed by atoms with Crippen molar-refractivity contribution in [2.24, 2.45) is 0 Å². The van der Waals surface area contributed by atoms with Gasteiger partial charge in [0.25, 0.3) is 5.91 Å². The summed E-state index contributed by atoms with van der Waals surface area (Å²) in [5.41, 5.74) is -0.786. The fourth-order valence-electron chi connectivity index (χ4n) is 5.56. The van der Waals surface area contributed by atoms with Gasteiger partial charge in [0, 0.05) is 17.0 Å². The first-order valence-corrected chi connectivity index (χ1v) is 16.3. The van der Waals surface area contributed by atoms with Gasteiger partial charge in [-0.3, -0.25) is 14.4 Å². The van der Waals surface area contributed by atoms with Gasteiger partial charge in [0.2, 0.25) is 5.91 Å². The third kappa shape index (κ3) is 9.07. The van der Waals surface area contributed by atoms with Gasteiger partial charge in [-0.25, -0.2) is 4.98 Å². The standard InChI is InChI=1S/C33H32F3N3O4S2/c34-33(35,36)45-25-14-15-28-27(19-25)38-32(44-28)39-31(43)26(23-12-10-22(11-13-23)21-4-2-1-3-5-21)18-20-6-8-24(9-7-20)30(42)37-17-16-29(40)41/h6-15,19,21,26H,1-5,16-18H2,(H,37,42)(H,40,41)(H,38,39,43). The highest BCUT2D eigenvalue weighted by Crippen LogP contribution is 2.39. The molecule has 1 unspecified atom stereocenters. The van der Waals surface area contributed by atoms with E-state index in [1.54, 1.807) is 30.3 Å². The molecular formula is C33H32F3N3O4S2. The lowest BCUT2D eigenvalue weighted by molar-refractivity contribution is -0.136. The molecule has 1 aliphatic carbocycles. The van der Waals surface area contributed by atoms with Crippen molar-refractivity contribution in [2.45, 2.75) is 67.2 Å². The van der Waals surface area contributed by atoms with E-state index in [4.69, 9.17) is 5.11 Å². The highest BCUT2D eigenvalue weighted by molar-refractivity contribution is 8.00. The van der Waals surface area contributed by atoms with E-state index in [2.05, 4.69) is 27.8 Å². The summed E-state index contributed by atoms with van der Waals surface area (Å²) in [4.78, 5) is 41.3. The minimum absolute atomic E-state index is 0.0171. The molecule has 4 aromatic rings. The highest BCUT2D eigenvalue weighted by atomic mass is 32.2. The molecule has 1 saturated carbocycles. The summed E-state index contributed by atoms with van der Waals surface area (Å²) in [6.07, 6.45) is 6.14. The molecule has 1 fully saturated rings. The number of nitrogens with one attached hydrogen (secondary N) is 2. The lowest BCUT2D eigenvalue weighted by atomic mass is 9.83. The van der Waals surface area contributed by atoms with Gasteiger partial charge in [0.1, 0.15) is 0 Å². The van der Waals surface area contributed by atoms with E-state index in [0.717, 1.165) is 24.0 Å². The number of alkyl halides is 3. The number of hydrogen-bond acceptors (Lipinski definition) is 6. The second kappa shape index (κ2) is 14.5. The van der Waals surface area contributed by atoms with E-state index in [1.165, 1.54) is 48.3 Å². The van der Waals surface area contributed by atoms with Gasteiger partial charge in [0.15, 0.2) is 5.13 Å². The predicted octanol–water partition coefficient (Wildman–Crippen LogP) is 8.13. The number of rotatable bonds is 11. The molecule has 3 aromatic carbocycles. The average molecular weight is 656 g/mol. The van der Waals surface area contributed by atoms with Crippen LogP contribution in [0.3, 0.4) is 0 Å². The quantitative estimate of drug-likeness (QED) is 0.141. The molecule has 1 atom stereocenters. The fourth-order valence-corrected chi connectivity index (χ4v) is 6.98. The zero-order valence-corrected chi connectivity index (χ0v) is 25.9. The lowest BCUT2D eigenvalue weighted by Crippen LogP contribution is -2.26. The van der Waals surface area contributed by atoms with Crippen molar-refractivity contribution in [3.8, 4) is 0 Å². The molecule has 0 radical (unpaired) electrons. The van der Waals surface area contributed by atoms with Crippen molar-refractivity contribution in [1.29, 1.82) is 0 Å². The largest absolute Gasteiger partial charge is 0.481 e. The van der Waals surface area contributed by atoms with E-state index in [-0.39, 0.29) is 41.4 Å². The molecule has 12 heteroatoms. The number of carbonyl (C=O) groups excluding carboxylic acids is 2. The Morgan fingerprint density at radius 1 is 0.978 bits per heavy atom. The van der Waals surface area contributed by atoms with Crippen LogP contribution in [0.2, 0.25) is 0 Å². The summed E-state index contributed by atoms with van der Waals surface area (Å²) >= 11 is 0.981. The van der Waals surface area contributed by atoms with Crippen molar-refractivity contribution in [2.75, 3.05) is 11.9 Å². The summed E-state index contributed by atoms with van der Waals surface area (Å²) in [7, 11) is 0. The van der Waals surface area contributed by atoms with Gasteiger partial charge in [0.05, 0.1) is 22.6 Å². The molecule has 0 spiro atoms. The Hall–Kier alpha value is -3.90. The number of carboxylic acid groups (broad SMARTS) is 1. The monoisotopic (exact) mass is 655 g/mol. The SMILES string of the molecule is O=C(O)CCNC(=O)c1ccc(CC(C(=O)Nc2nc3cc(SC(F)(F)F)ccc3s2)c2ccc(C3CCCCC3)cc2)cc1. The van der Waals surface area contributed by atoms with Crippen LogP contribution >= 0.6 is 23.1 Å². The van der Waals surface area contributed by atoms with E-state index in [1.807, 2.05) is 12.1 Å². The van der Waals surface area contributed by atoms with E-state index < -0.39 is 17.4 Å². The Balaban J connectivity index is 1.35. The third-order valence-electron chi connectivity index (χ3n) is 7.84. The normalized spacial score (nSPS) is 14.6. The molecule has 0 saturated heterocycles. The Morgan fingerprint density at radius 3 is 2.36 bits per heavy atom. The summed E-state index contributed by atoms with van der Waals surface area (Å²) in [6.45, 7) is 0.0171. The number of carboxylic acids is 1. The molecule has 236 valence electrons. The van der Waals surface area contributed by atoms with Crippen LogP contribution in [-0.4, -0.2) is 39.9 Å². The number of amides is 2. The zero-order valence-electron chi connectivity index (χ0n) is 24.2. The molecule has 1 heterocycles. The number of carbonyl (C=O) groups is 3. The van der Waals surface area contributed by atoms with Crippen molar-refractivity contribution in [3.05, 3.63) is 89.0 Å². The molecule has 1 aromatic heterocycles. The maximum Gasteiger partial charge on any atom is 0.446 e. The second-order valence-corrected chi connectivity index (χ2v) is 13.2. The Morgan fingerprint density at radius 2 is 1.69 bits per heavy atom. The number of nitrogens with zero attached hydrogens (tertiary/aromatic N) is 1. The van der Waals surface area contributed by atoms with Crippen LogP contribution in [0.4, 0.5) is 18.3 Å². The van der Waals surface area contributed by atoms with E-state index in [0.29, 0.717) is 33.3 Å². The van der Waals surface area contributed by atoms with Crippen LogP contribution in [0.1, 0.15) is 77.4 Å². The number of thioether (sulfide) groups is 1. The lowest BCUT2D eigenvalue weighted by Gasteiger charge is -2.23. The van der Waals surface area contributed by atoms with Crippen LogP contribution in [0.25, 0.3) is 10.2 Å². The summed E-state index contributed by atoms with van der Waals surface area (Å²) in [5.74, 6) is -1.79. The van der Waals surface area contributed by atoms with Crippen LogP contribution < -0.4 is 10.6 Å². The molecule has 7 nitrogen and oxygen atoms in total. The molecule has 45 heavy (non-hydrogen) atoms. The van der Waals surface area contributed by atoms with Crippen molar-refractivity contribution < 1.29 is 32.7 Å². The van der Waals surface area contributed by atoms with E-state index >= 15 is 0 Å². The number of aromatic nitrogens is 1. The van der Waals surface area contributed by atoms with Gasteiger partial charge in [-0.15, -0.1) is 0 Å². The van der Waals surface area contributed by atoms with Crippen LogP contribution in [0.15, 0.2) is 71.6 Å². The number of fused-ring (bicyclic) bond motifs is 1. The maximum absolute atomic E-state index is 13.8. The number of benzene rings is 3. The highest BCUT2D eigenvalue weighted by Gasteiger charge is 2.29. The molecule has 2 amide bonds.